The largest absolute Gasteiger partial charge is 0.368 e. The number of nitro benzene ring substituents is 1. The summed E-state index contributed by atoms with van der Waals surface area (Å²) in [6.45, 7) is 1.89. The van der Waals surface area contributed by atoms with E-state index in [0.717, 1.165) is 0 Å². The third-order valence-corrected chi connectivity index (χ3v) is 2.33. The highest BCUT2D eigenvalue weighted by atomic mass is 16.6. The molecule has 0 aliphatic rings. The molecule has 0 unspecified atom stereocenters. The van der Waals surface area contributed by atoms with Gasteiger partial charge in [-0.1, -0.05) is 19.1 Å². The third-order valence-electron chi connectivity index (χ3n) is 2.33. The molecule has 1 aromatic carbocycles. The Hall–Kier alpha value is -2.57. The van der Waals surface area contributed by atoms with Crippen LogP contribution < -0.4 is 5.73 Å². The van der Waals surface area contributed by atoms with Crippen LogP contribution in [0.15, 0.2) is 24.3 Å². The van der Waals surface area contributed by atoms with Crippen LogP contribution in [-0.2, 0) is 6.42 Å². The average Bonchev–Trinajstić information content (AvgIpc) is 2.38. The molecule has 0 atom stereocenters. The molecule has 0 aliphatic carbocycles. The second-order valence-corrected chi connectivity index (χ2v) is 3.59. The van der Waals surface area contributed by atoms with Crippen molar-refractivity contribution in [3.8, 4) is 11.4 Å². The molecule has 0 aliphatic heterocycles. The van der Waals surface area contributed by atoms with Gasteiger partial charge in [-0.2, -0.15) is 9.97 Å². The van der Waals surface area contributed by atoms with Gasteiger partial charge in [0.25, 0.3) is 5.69 Å². The van der Waals surface area contributed by atoms with Crippen molar-refractivity contribution in [3.63, 3.8) is 0 Å². The first kappa shape index (κ1) is 11.9. The summed E-state index contributed by atoms with van der Waals surface area (Å²) in [4.78, 5) is 22.4. The Morgan fingerprint density at radius 3 is 2.78 bits per heavy atom. The minimum Gasteiger partial charge on any atom is -0.368 e. The van der Waals surface area contributed by atoms with Crippen LogP contribution in [0.2, 0.25) is 0 Å². The van der Waals surface area contributed by atoms with Gasteiger partial charge in [0.2, 0.25) is 5.95 Å². The molecule has 2 N–H and O–H groups in total. The summed E-state index contributed by atoms with van der Waals surface area (Å²) in [5.74, 6) is 1.02. The summed E-state index contributed by atoms with van der Waals surface area (Å²) in [6.07, 6.45) is 0.620. The molecular formula is C11H11N5O2. The molecule has 2 rings (SSSR count). The molecule has 92 valence electrons. The SMILES string of the molecule is CCc1nc(N)nc(-c2cccc([N+](=O)[O-])c2)n1. The van der Waals surface area contributed by atoms with E-state index < -0.39 is 4.92 Å². The topological polar surface area (TPSA) is 108 Å². The van der Waals surface area contributed by atoms with Crippen molar-refractivity contribution in [2.45, 2.75) is 13.3 Å². The van der Waals surface area contributed by atoms with Crippen LogP contribution in [0.5, 0.6) is 0 Å². The van der Waals surface area contributed by atoms with Crippen LogP contribution in [0.1, 0.15) is 12.7 Å². The van der Waals surface area contributed by atoms with Crippen molar-refractivity contribution < 1.29 is 4.92 Å². The predicted octanol–water partition coefficient (Wildman–Crippen LogP) is 1.59. The van der Waals surface area contributed by atoms with Gasteiger partial charge >= 0.3 is 0 Å². The zero-order valence-corrected chi connectivity index (χ0v) is 9.70. The zero-order valence-electron chi connectivity index (χ0n) is 9.70. The lowest BCUT2D eigenvalue weighted by Gasteiger charge is -2.03. The minimum absolute atomic E-state index is 0.00969. The smallest absolute Gasteiger partial charge is 0.270 e. The van der Waals surface area contributed by atoms with Gasteiger partial charge in [-0.3, -0.25) is 10.1 Å². The van der Waals surface area contributed by atoms with E-state index in [-0.39, 0.29) is 11.6 Å². The fourth-order valence-corrected chi connectivity index (χ4v) is 1.48. The molecule has 1 heterocycles. The molecule has 0 bridgehead atoms. The Morgan fingerprint density at radius 2 is 2.11 bits per heavy atom. The van der Waals surface area contributed by atoms with Crippen LogP contribution in [0, 0.1) is 10.1 Å². The molecule has 2 aromatic rings. The molecule has 18 heavy (non-hydrogen) atoms. The first-order chi connectivity index (χ1) is 8.60. The number of hydrogen-bond donors (Lipinski definition) is 1. The normalized spacial score (nSPS) is 10.3. The van der Waals surface area contributed by atoms with E-state index in [4.69, 9.17) is 5.73 Å². The van der Waals surface area contributed by atoms with Crippen molar-refractivity contribution in [2.24, 2.45) is 0 Å². The van der Waals surface area contributed by atoms with Gasteiger partial charge in [0.1, 0.15) is 5.82 Å². The molecule has 0 saturated carbocycles. The van der Waals surface area contributed by atoms with Crippen molar-refractivity contribution in [1.29, 1.82) is 0 Å². The number of nitro groups is 1. The standard InChI is InChI=1S/C11H11N5O2/c1-2-9-13-10(15-11(12)14-9)7-4-3-5-8(6-7)16(17)18/h3-6H,2H2,1H3,(H2,12,13,14,15). The van der Waals surface area contributed by atoms with E-state index in [1.54, 1.807) is 12.1 Å². The number of anilines is 1. The highest BCUT2D eigenvalue weighted by Crippen LogP contribution is 2.21. The summed E-state index contributed by atoms with van der Waals surface area (Å²) in [5, 5.41) is 10.7. The second-order valence-electron chi connectivity index (χ2n) is 3.59. The van der Waals surface area contributed by atoms with E-state index in [0.29, 0.717) is 23.6 Å². The number of benzene rings is 1. The molecule has 1 aromatic heterocycles. The van der Waals surface area contributed by atoms with E-state index in [1.165, 1.54) is 12.1 Å². The maximum absolute atomic E-state index is 10.7. The quantitative estimate of drug-likeness (QED) is 0.649. The Bertz CT molecular complexity index is 600. The summed E-state index contributed by atoms with van der Waals surface area (Å²) in [6, 6.07) is 6.10. The number of nitrogen functional groups attached to an aromatic ring is 1. The minimum atomic E-state index is -0.464. The van der Waals surface area contributed by atoms with Crippen molar-refractivity contribution >= 4 is 11.6 Å². The fraction of sp³-hybridized carbons (Fsp3) is 0.182. The first-order valence-electron chi connectivity index (χ1n) is 5.35. The number of nitrogens with zero attached hydrogens (tertiary/aromatic N) is 4. The van der Waals surface area contributed by atoms with Gasteiger partial charge in [0.15, 0.2) is 5.82 Å². The number of non-ortho nitro benzene ring substituents is 1. The molecule has 0 saturated heterocycles. The van der Waals surface area contributed by atoms with Crippen molar-refractivity contribution in [2.75, 3.05) is 5.73 Å². The number of aromatic nitrogens is 3. The Kier molecular flexibility index (Phi) is 3.13. The van der Waals surface area contributed by atoms with E-state index in [2.05, 4.69) is 15.0 Å². The zero-order chi connectivity index (χ0) is 13.1. The van der Waals surface area contributed by atoms with Crippen LogP contribution in [0.4, 0.5) is 11.6 Å². The lowest BCUT2D eigenvalue weighted by Crippen LogP contribution is -2.04. The summed E-state index contributed by atoms with van der Waals surface area (Å²) in [7, 11) is 0. The van der Waals surface area contributed by atoms with Gasteiger partial charge < -0.3 is 5.73 Å². The van der Waals surface area contributed by atoms with E-state index in [1.807, 2.05) is 6.92 Å². The number of rotatable bonds is 3. The van der Waals surface area contributed by atoms with Crippen LogP contribution >= 0.6 is 0 Å². The van der Waals surface area contributed by atoms with E-state index >= 15 is 0 Å². The van der Waals surface area contributed by atoms with Gasteiger partial charge in [0, 0.05) is 24.1 Å². The highest BCUT2D eigenvalue weighted by molar-refractivity contribution is 5.59. The number of nitrogens with two attached hydrogens (primary N) is 1. The third kappa shape index (κ3) is 2.40. The number of hydrogen-bond acceptors (Lipinski definition) is 6. The second kappa shape index (κ2) is 4.74. The molecule has 7 heteroatoms. The molecule has 7 nitrogen and oxygen atoms in total. The maximum Gasteiger partial charge on any atom is 0.270 e. The molecule has 0 spiro atoms. The van der Waals surface area contributed by atoms with Gasteiger partial charge in [0.05, 0.1) is 4.92 Å². The van der Waals surface area contributed by atoms with Gasteiger partial charge in [-0.05, 0) is 0 Å². The van der Waals surface area contributed by atoms with E-state index in [9.17, 15) is 10.1 Å². The van der Waals surface area contributed by atoms with Crippen molar-refractivity contribution in [3.05, 3.63) is 40.2 Å². The average molecular weight is 245 g/mol. The maximum atomic E-state index is 10.7. The molecule has 0 fully saturated rings. The van der Waals surface area contributed by atoms with Gasteiger partial charge in [-0.25, -0.2) is 4.98 Å². The Balaban J connectivity index is 2.51. The fourth-order valence-electron chi connectivity index (χ4n) is 1.48. The number of aryl methyl sites for hydroxylation is 1. The summed E-state index contributed by atoms with van der Waals surface area (Å²) in [5.41, 5.74) is 6.11. The first-order valence-corrected chi connectivity index (χ1v) is 5.35. The molecule has 0 amide bonds. The lowest BCUT2D eigenvalue weighted by atomic mass is 10.2. The Morgan fingerprint density at radius 1 is 1.33 bits per heavy atom. The lowest BCUT2D eigenvalue weighted by molar-refractivity contribution is -0.384. The van der Waals surface area contributed by atoms with Crippen molar-refractivity contribution in [1.82, 2.24) is 15.0 Å². The predicted molar refractivity (Wildman–Crippen MR) is 65.7 cm³/mol. The summed E-state index contributed by atoms with van der Waals surface area (Å²) >= 11 is 0. The van der Waals surface area contributed by atoms with Gasteiger partial charge in [-0.15, -0.1) is 0 Å². The highest BCUT2D eigenvalue weighted by Gasteiger charge is 2.10. The molecular weight excluding hydrogens is 234 g/mol. The van der Waals surface area contributed by atoms with Crippen LogP contribution in [-0.4, -0.2) is 19.9 Å². The molecule has 0 radical (unpaired) electrons. The van der Waals surface area contributed by atoms with Crippen LogP contribution in [0.25, 0.3) is 11.4 Å². The van der Waals surface area contributed by atoms with Crippen LogP contribution in [0.3, 0.4) is 0 Å². The summed E-state index contributed by atoms with van der Waals surface area (Å²) < 4.78 is 0. The monoisotopic (exact) mass is 245 g/mol. The Labute approximate surface area is 103 Å².